The predicted molar refractivity (Wildman–Crippen MR) is 72.8 cm³/mol. The van der Waals surface area contributed by atoms with Gasteiger partial charge in [0.15, 0.2) is 0 Å². The number of hydrogen-bond acceptors (Lipinski definition) is 3. The van der Waals surface area contributed by atoms with E-state index < -0.39 is 0 Å². The van der Waals surface area contributed by atoms with Crippen molar-refractivity contribution in [2.24, 2.45) is 5.41 Å². The first-order valence-corrected chi connectivity index (χ1v) is 6.52. The molecule has 0 radical (unpaired) electrons. The van der Waals surface area contributed by atoms with Crippen LogP contribution in [0.25, 0.3) is 0 Å². The zero-order valence-electron chi connectivity index (χ0n) is 10.5. The van der Waals surface area contributed by atoms with E-state index in [2.05, 4.69) is 18.3 Å². The molecule has 0 amide bonds. The van der Waals surface area contributed by atoms with Crippen LogP contribution in [-0.4, -0.2) is 19.8 Å². The Bertz CT molecular complexity index is 461. The highest BCUT2D eigenvalue weighted by Crippen LogP contribution is 2.30. The highest BCUT2D eigenvalue weighted by Gasteiger charge is 2.27. The molecule has 1 aromatic rings. The molecule has 0 aromatic heterocycles. The lowest BCUT2D eigenvalue weighted by Crippen LogP contribution is -2.33. The van der Waals surface area contributed by atoms with Gasteiger partial charge in [0.05, 0.1) is 11.3 Å². The lowest BCUT2D eigenvalue weighted by molar-refractivity contribution is 0.0300. The summed E-state index contributed by atoms with van der Waals surface area (Å²) in [6, 6.07) is 7.52. The van der Waals surface area contributed by atoms with Gasteiger partial charge < -0.3 is 10.1 Å². The van der Waals surface area contributed by atoms with Gasteiger partial charge in [-0.2, -0.15) is 5.26 Å². The van der Waals surface area contributed by atoms with Crippen LogP contribution in [0.1, 0.15) is 25.3 Å². The summed E-state index contributed by atoms with van der Waals surface area (Å²) >= 11 is 5.88. The fourth-order valence-electron chi connectivity index (χ4n) is 2.11. The number of nitrogens with one attached hydrogen (secondary N) is 1. The molecule has 0 bridgehead atoms. The van der Waals surface area contributed by atoms with Crippen LogP contribution in [0.5, 0.6) is 0 Å². The molecule has 1 aliphatic heterocycles. The molecule has 96 valence electrons. The number of nitrogens with zero attached hydrogens (tertiary/aromatic N) is 1. The van der Waals surface area contributed by atoms with Gasteiger partial charge in [-0.3, -0.25) is 0 Å². The Hall–Kier alpha value is -1.24. The van der Waals surface area contributed by atoms with Crippen molar-refractivity contribution < 1.29 is 4.74 Å². The fraction of sp³-hybridized carbons (Fsp3) is 0.500. The van der Waals surface area contributed by atoms with E-state index in [1.807, 2.05) is 6.07 Å². The molecule has 0 atom stereocenters. The zero-order valence-corrected chi connectivity index (χ0v) is 11.3. The molecule has 3 nitrogen and oxygen atoms in total. The largest absolute Gasteiger partial charge is 0.383 e. The first kappa shape index (κ1) is 13.2. The second-order valence-corrected chi connectivity index (χ2v) is 5.51. The summed E-state index contributed by atoms with van der Waals surface area (Å²) < 4.78 is 5.38. The van der Waals surface area contributed by atoms with Crippen LogP contribution in [0.2, 0.25) is 5.02 Å². The molecule has 0 saturated carbocycles. The van der Waals surface area contributed by atoms with Gasteiger partial charge in [-0.25, -0.2) is 0 Å². The van der Waals surface area contributed by atoms with E-state index in [0.29, 0.717) is 10.6 Å². The van der Waals surface area contributed by atoms with Gasteiger partial charge in [-0.15, -0.1) is 0 Å². The monoisotopic (exact) mass is 264 g/mol. The Morgan fingerprint density at radius 3 is 2.83 bits per heavy atom. The van der Waals surface area contributed by atoms with Crippen molar-refractivity contribution in [2.75, 3.05) is 25.1 Å². The Labute approximate surface area is 113 Å². The molecular weight excluding hydrogens is 248 g/mol. The molecule has 1 fully saturated rings. The molecule has 1 aromatic carbocycles. The Morgan fingerprint density at radius 2 is 2.17 bits per heavy atom. The van der Waals surface area contributed by atoms with Crippen LogP contribution in [0.3, 0.4) is 0 Å². The van der Waals surface area contributed by atoms with Crippen molar-refractivity contribution in [3.05, 3.63) is 28.8 Å². The maximum atomic E-state index is 9.08. The third kappa shape index (κ3) is 3.16. The second kappa shape index (κ2) is 5.60. The summed E-state index contributed by atoms with van der Waals surface area (Å²) in [6.45, 7) is 4.75. The quantitative estimate of drug-likeness (QED) is 0.910. The van der Waals surface area contributed by atoms with Crippen LogP contribution in [-0.2, 0) is 4.74 Å². The van der Waals surface area contributed by atoms with Crippen molar-refractivity contribution in [1.82, 2.24) is 0 Å². The molecule has 2 rings (SSSR count). The van der Waals surface area contributed by atoms with E-state index in [4.69, 9.17) is 21.6 Å². The van der Waals surface area contributed by atoms with Crippen LogP contribution >= 0.6 is 11.6 Å². The number of hydrogen-bond donors (Lipinski definition) is 1. The molecule has 1 aliphatic rings. The minimum Gasteiger partial charge on any atom is -0.383 e. The molecule has 0 unspecified atom stereocenters. The van der Waals surface area contributed by atoms with Gasteiger partial charge in [-0.1, -0.05) is 18.5 Å². The topological polar surface area (TPSA) is 45.0 Å². The highest BCUT2D eigenvalue weighted by molar-refractivity contribution is 6.30. The predicted octanol–water partition coefficient (Wildman–Crippen LogP) is 3.44. The standard InChI is InChI=1S/C14H17ClN2O/c1-14(4-6-18-7-5-14)10-17-13-3-2-12(15)8-11(13)9-16/h2-3,8,17H,4-7,10H2,1H3. The molecule has 0 spiro atoms. The molecule has 0 aliphatic carbocycles. The lowest BCUT2D eigenvalue weighted by Gasteiger charge is -2.34. The van der Waals surface area contributed by atoms with Gasteiger partial charge in [0.1, 0.15) is 6.07 Å². The van der Waals surface area contributed by atoms with E-state index >= 15 is 0 Å². The molecule has 18 heavy (non-hydrogen) atoms. The Balaban J connectivity index is 2.04. The summed E-state index contributed by atoms with van der Waals surface area (Å²) in [5.74, 6) is 0. The van der Waals surface area contributed by atoms with Gasteiger partial charge in [0.2, 0.25) is 0 Å². The third-order valence-corrected chi connectivity index (χ3v) is 3.74. The van der Waals surface area contributed by atoms with Gasteiger partial charge in [0, 0.05) is 24.8 Å². The van der Waals surface area contributed by atoms with Gasteiger partial charge in [-0.05, 0) is 36.5 Å². The summed E-state index contributed by atoms with van der Waals surface area (Å²) in [6.07, 6.45) is 2.10. The van der Waals surface area contributed by atoms with Crippen LogP contribution in [0.4, 0.5) is 5.69 Å². The van der Waals surface area contributed by atoms with Crippen molar-refractivity contribution in [1.29, 1.82) is 5.26 Å². The minimum absolute atomic E-state index is 0.241. The highest BCUT2D eigenvalue weighted by atomic mass is 35.5. The SMILES string of the molecule is CC1(CNc2ccc(Cl)cc2C#N)CCOCC1. The molecule has 1 heterocycles. The molecule has 1 N–H and O–H groups in total. The van der Waals surface area contributed by atoms with Crippen LogP contribution in [0.15, 0.2) is 18.2 Å². The van der Waals surface area contributed by atoms with Crippen LogP contribution < -0.4 is 5.32 Å². The number of nitriles is 1. The van der Waals surface area contributed by atoms with E-state index in [1.54, 1.807) is 12.1 Å². The molecule has 4 heteroatoms. The summed E-state index contributed by atoms with van der Waals surface area (Å²) in [5, 5.41) is 13.0. The maximum Gasteiger partial charge on any atom is 0.101 e. The fourth-order valence-corrected chi connectivity index (χ4v) is 2.28. The number of halogens is 1. The minimum atomic E-state index is 0.241. The van der Waals surface area contributed by atoms with E-state index in [-0.39, 0.29) is 5.41 Å². The average molecular weight is 265 g/mol. The van der Waals surface area contributed by atoms with Crippen molar-refractivity contribution >= 4 is 17.3 Å². The van der Waals surface area contributed by atoms with E-state index in [0.717, 1.165) is 38.3 Å². The summed E-state index contributed by atoms with van der Waals surface area (Å²) in [4.78, 5) is 0. The maximum absolute atomic E-state index is 9.08. The lowest BCUT2D eigenvalue weighted by atomic mass is 9.82. The number of ether oxygens (including phenoxy) is 1. The summed E-state index contributed by atoms with van der Waals surface area (Å²) in [7, 11) is 0. The zero-order chi connectivity index (χ0) is 13.0. The number of anilines is 1. The smallest absolute Gasteiger partial charge is 0.101 e. The number of benzene rings is 1. The van der Waals surface area contributed by atoms with Crippen molar-refractivity contribution in [3.8, 4) is 6.07 Å². The Morgan fingerprint density at radius 1 is 1.44 bits per heavy atom. The van der Waals surface area contributed by atoms with E-state index in [1.165, 1.54) is 0 Å². The van der Waals surface area contributed by atoms with Gasteiger partial charge >= 0.3 is 0 Å². The number of rotatable bonds is 3. The average Bonchev–Trinajstić information content (AvgIpc) is 2.38. The summed E-state index contributed by atoms with van der Waals surface area (Å²) in [5.41, 5.74) is 1.69. The molecule has 1 saturated heterocycles. The van der Waals surface area contributed by atoms with Crippen LogP contribution in [0, 0.1) is 16.7 Å². The third-order valence-electron chi connectivity index (χ3n) is 3.51. The van der Waals surface area contributed by atoms with Crippen molar-refractivity contribution in [2.45, 2.75) is 19.8 Å². The Kier molecular flexibility index (Phi) is 4.11. The first-order valence-electron chi connectivity index (χ1n) is 6.14. The van der Waals surface area contributed by atoms with E-state index in [9.17, 15) is 0 Å². The second-order valence-electron chi connectivity index (χ2n) is 5.08. The van der Waals surface area contributed by atoms with Crippen molar-refractivity contribution in [3.63, 3.8) is 0 Å². The first-order chi connectivity index (χ1) is 8.63. The van der Waals surface area contributed by atoms with Gasteiger partial charge in [0.25, 0.3) is 0 Å². The normalized spacial score (nSPS) is 18.1. The molecular formula is C14H17ClN2O.